The Balaban J connectivity index is 1.07. The zero-order chi connectivity index (χ0) is 26.7. The highest BCUT2D eigenvalue weighted by molar-refractivity contribution is 5.82. The van der Waals surface area contributed by atoms with Gasteiger partial charge >= 0.3 is 0 Å². The minimum atomic E-state index is -0.210. The van der Waals surface area contributed by atoms with Crippen molar-refractivity contribution < 1.29 is 4.79 Å². The van der Waals surface area contributed by atoms with Crippen LogP contribution in [0.2, 0.25) is 0 Å². The van der Waals surface area contributed by atoms with Crippen LogP contribution >= 0.6 is 0 Å². The van der Waals surface area contributed by atoms with Crippen molar-refractivity contribution in [2.24, 2.45) is 0 Å². The van der Waals surface area contributed by atoms with Gasteiger partial charge in [0, 0.05) is 38.4 Å². The molecule has 1 aromatic heterocycles. The number of hydrogen-bond donors (Lipinski definition) is 3. The monoisotopic (exact) mass is 525 g/mol. The molecule has 1 aliphatic carbocycles. The van der Waals surface area contributed by atoms with Crippen LogP contribution in [0.5, 0.6) is 0 Å². The molecule has 2 aliphatic rings. The molecule has 206 valence electrons. The van der Waals surface area contributed by atoms with E-state index < -0.39 is 0 Å². The van der Waals surface area contributed by atoms with Gasteiger partial charge in [-0.2, -0.15) is 0 Å². The Labute approximate surface area is 233 Å². The van der Waals surface area contributed by atoms with Crippen molar-refractivity contribution in [1.29, 1.82) is 0 Å². The van der Waals surface area contributed by atoms with Crippen molar-refractivity contribution in [3.63, 3.8) is 0 Å². The molecule has 0 spiro atoms. The van der Waals surface area contributed by atoms with Crippen molar-refractivity contribution in [2.75, 3.05) is 13.1 Å². The fourth-order valence-electron chi connectivity index (χ4n) is 5.84. The maximum atomic E-state index is 13.4. The van der Waals surface area contributed by atoms with E-state index in [1.54, 1.807) is 0 Å². The lowest BCUT2D eigenvalue weighted by Crippen LogP contribution is -2.49. The smallest absolute Gasteiger partial charge is 0.237 e. The standard InChI is InChI=1S/C33H43N5O/c39-33(32-21-28-9-4-5-10-29(28)24-38(32)25-31-13-6-7-19-36-31)37-23-27-16-14-26(15-17-27)22-34-18-8-20-35-30-11-2-1-3-12-30/h4-7,9-10,13-17,19,30,32,34-35H,1-3,8,11-12,18,20-25H2,(H,37,39)/t32-/m0/s1. The van der Waals surface area contributed by atoms with Crippen LogP contribution in [0.25, 0.3) is 0 Å². The number of nitrogens with zero attached hydrogens (tertiary/aromatic N) is 2. The minimum Gasteiger partial charge on any atom is -0.351 e. The maximum absolute atomic E-state index is 13.4. The van der Waals surface area contributed by atoms with Gasteiger partial charge in [0.15, 0.2) is 0 Å². The number of aromatic nitrogens is 1. The molecule has 3 N–H and O–H groups in total. The molecule has 1 atom stereocenters. The largest absolute Gasteiger partial charge is 0.351 e. The van der Waals surface area contributed by atoms with Crippen molar-refractivity contribution in [3.8, 4) is 0 Å². The zero-order valence-electron chi connectivity index (χ0n) is 23.1. The molecule has 1 aliphatic heterocycles. The summed E-state index contributed by atoms with van der Waals surface area (Å²) in [5.41, 5.74) is 5.94. The number of hydrogen-bond acceptors (Lipinski definition) is 5. The van der Waals surface area contributed by atoms with Crippen LogP contribution in [0.15, 0.2) is 72.9 Å². The lowest BCUT2D eigenvalue weighted by Gasteiger charge is -2.35. The van der Waals surface area contributed by atoms with Crippen LogP contribution in [0, 0.1) is 0 Å². The molecule has 2 heterocycles. The highest BCUT2D eigenvalue weighted by Crippen LogP contribution is 2.25. The van der Waals surface area contributed by atoms with E-state index in [4.69, 9.17) is 0 Å². The highest BCUT2D eigenvalue weighted by Gasteiger charge is 2.31. The van der Waals surface area contributed by atoms with E-state index in [1.807, 2.05) is 24.4 Å². The predicted molar refractivity (Wildman–Crippen MR) is 157 cm³/mol. The molecule has 1 fully saturated rings. The summed E-state index contributed by atoms with van der Waals surface area (Å²) < 4.78 is 0. The van der Waals surface area contributed by atoms with Crippen LogP contribution in [-0.4, -0.2) is 41.0 Å². The van der Waals surface area contributed by atoms with Crippen molar-refractivity contribution in [1.82, 2.24) is 25.8 Å². The summed E-state index contributed by atoms with van der Waals surface area (Å²) in [5, 5.41) is 10.5. The third-order valence-electron chi connectivity index (χ3n) is 8.13. The zero-order valence-corrected chi connectivity index (χ0v) is 23.1. The normalized spacial score (nSPS) is 18.0. The summed E-state index contributed by atoms with van der Waals surface area (Å²) >= 11 is 0. The number of fused-ring (bicyclic) bond motifs is 1. The summed E-state index contributed by atoms with van der Waals surface area (Å²) in [6.07, 6.45) is 10.6. The van der Waals surface area contributed by atoms with Crippen molar-refractivity contribution >= 4 is 5.91 Å². The summed E-state index contributed by atoms with van der Waals surface area (Å²) in [6.45, 7) is 4.95. The van der Waals surface area contributed by atoms with E-state index in [1.165, 1.54) is 48.8 Å². The number of carbonyl (C=O) groups is 1. The molecule has 0 radical (unpaired) electrons. The lowest BCUT2D eigenvalue weighted by molar-refractivity contribution is -0.127. The second-order valence-corrected chi connectivity index (χ2v) is 11.1. The summed E-state index contributed by atoms with van der Waals surface area (Å²) in [6, 6.07) is 23.5. The number of nitrogens with one attached hydrogen (secondary N) is 3. The Morgan fingerprint density at radius 1 is 0.846 bits per heavy atom. The topological polar surface area (TPSA) is 69.3 Å². The molecule has 39 heavy (non-hydrogen) atoms. The number of pyridine rings is 1. The van der Waals surface area contributed by atoms with Gasteiger partial charge in [-0.05, 0) is 73.2 Å². The fraction of sp³-hybridized carbons (Fsp3) is 0.455. The average Bonchev–Trinajstić information content (AvgIpc) is 2.99. The van der Waals surface area contributed by atoms with Gasteiger partial charge < -0.3 is 16.0 Å². The molecule has 6 nitrogen and oxygen atoms in total. The van der Waals surface area contributed by atoms with E-state index in [-0.39, 0.29) is 11.9 Å². The maximum Gasteiger partial charge on any atom is 0.237 e. The molecule has 5 rings (SSSR count). The first-order chi connectivity index (χ1) is 19.2. The minimum absolute atomic E-state index is 0.0769. The van der Waals surface area contributed by atoms with Gasteiger partial charge in [0.25, 0.3) is 0 Å². The van der Waals surface area contributed by atoms with Gasteiger partial charge in [-0.1, -0.05) is 73.9 Å². The van der Waals surface area contributed by atoms with Crippen LogP contribution < -0.4 is 16.0 Å². The average molecular weight is 526 g/mol. The molecular weight excluding hydrogens is 482 g/mol. The van der Waals surface area contributed by atoms with Crippen LogP contribution in [0.3, 0.4) is 0 Å². The Hall–Kier alpha value is -3.06. The Bertz CT molecular complexity index is 1160. The van der Waals surface area contributed by atoms with Crippen LogP contribution in [-0.2, 0) is 37.4 Å². The van der Waals surface area contributed by atoms with E-state index >= 15 is 0 Å². The molecule has 1 saturated carbocycles. The molecule has 3 aromatic rings. The third-order valence-corrected chi connectivity index (χ3v) is 8.13. The number of rotatable bonds is 12. The van der Waals surface area contributed by atoms with Gasteiger partial charge in [-0.25, -0.2) is 0 Å². The molecule has 0 bridgehead atoms. The molecule has 2 aromatic carbocycles. The Kier molecular flexibility index (Phi) is 10.1. The molecule has 6 heteroatoms. The van der Waals surface area contributed by atoms with E-state index in [0.717, 1.165) is 56.3 Å². The first kappa shape index (κ1) is 27.5. The first-order valence-corrected chi connectivity index (χ1v) is 14.7. The second-order valence-electron chi connectivity index (χ2n) is 11.1. The van der Waals surface area contributed by atoms with Crippen LogP contribution in [0.4, 0.5) is 0 Å². The van der Waals surface area contributed by atoms with Gasteiger partial charge in [0.2, 0.25) is 5.91 Å². The van der Waals surface area contributed by atoms with Gasteiger partial charge in [-0.3, -0.25) is 14.7 Å². The molecule has 1 amide bonds. The van der Waals surface area contributed by atoms with Gasteiger partial charge in [-0.15, -0.1) is 0 Å². The van der Waals surface area contributed by atoms with Gasteiger partial charge in [0.1, 0.15) is 0 Å². The quantitative estimate of drug-likeness (QED) is 0.299. The summed E-state index contributed by atoms with van der Waals surface area (Å²) in [7, 11) is 0. The van der Waals surface area contributed by atoms with Crippen LogP contribution in [0.1, 0.15) is 66.5 Å². The number of amides is 1. The molecule has 0 saturated heterocycles. The Morgan fingerprint density at radius 3 is 2.36 bits per heavy atom. The SMILES string of the molecule is O=C(NCc1ccc(CNCCCNC2CCCCC2)cc1)[C@@H]1Cc2ccccc2CN1Cc1ccccn1. The summed E-state index contributed by atoms with van der Waals surface area (Å²) in [4.78, 5) is 20.1. The van der Waals surface area contributed by atoms with E-state index in [9.17, 15) is 4.79 Å². The number of carbonyl (C=O) groups excluding carboxylic acids is 1. The van der Waals surface area contributed by atoms with E-state index in [2.05, 4.69) is 74.4 Å². The second kappa shape index (κ2) is 14.4. The summed E-state index contributed by atoms with van der Waals surface area (Å²) in [5.74, 6) is 0.0769. The predicted octanol–water partition coefficient (Wildman–Crippen LogP) is 4.73. The van der Waals surface area contributed by atoms with Crippen molar-refractivity contribution in [3.05, 3.63) is 101 Å². The van der Waals surface area contributed by atoms with Gasteiger partial charge in [0.05, 0.1) is 11.7 Å². The third kappa shape index (κ3) is 8.21. The molecular formula is C33H43N5O. The Morgan fingerprint density at radius 2 is 1.59 bits per heavy atom. The lowest BCUT2D eigenvalue weighted by atomic mass is 9.93. The fourth-order valence-corrected chi connectivity index (χ4v) is 5.84. The van der Waals surface area contributed by atoms with E-state index in [0.29, 0.717) is 13.1 Å². The first-order valence-electron chi connectivity index (χ1n) is 14.7. The number of benzene rings is 2. The van der Waals surface area contributed by atoms with Crippen molar-refractivity contribution in [2.45, 2.75) is 83.2 Å². The molecule has 0 unspecified atom stereocenters. The highest BCUT2D eigenvalue weighted by atomic mass is 16.2.